The third kappa shape index (κ3) is 5.32. The molecule has 1 aliphatic carbocycles. The lowest BCUT2D eigenvalue weighted by Gasteiger charge is -2.14. The highest BCUT2D eigenvalue weighted by molar-refractivity contribution is 7.15. The maximum absolute atomic E-state index is 13.4. The van der Waals surface area contributed by atoms with Gasteiger partial charge >= 0.3 is 0 Å². The predicted molar refractivity (Wildman–Crippen MR) is 139 cm³/mol. The summed E-state index contributed by atoms with van der Waals surface area (Å²) >= 11 is 7.26. The highest BCUT2D eigenvalue weighted by Gasteiger charge is 2.42. The molecular weight excluding hydrogens is 534 g/mol. The number of carbonyl (C=O) groups excluding carboxylic acids is 1. The SMILES string of the molecule is [C-]#[N+]Cc1cc(-c2cc(C(F)F)ncc2OC)c(C(=O)Nc2nnc(C3C[C@H]3c3ccc(Cl)cc3)s2)cn1. The lowest BCUT2D eigenvalue weighted by Crippen LogP contribution is -2.14. The van der Waals surface area contributed by atoms with Crippen LogP contribution in [-0.4, -0.2) is 33.2 Å². The van der Waals surface area contributed by atoms with Crippen LogP contribution in [0.25, 0.3) is 16.0 Å². The molecule has 1 unspecified atom stereocenters. The van der Waals surface area contributed by atoms with Crippen molar-refractivity contribution < 1.29 is 18.3 Å². The van der Waals surface area contributed by atoms with Gasteiger partial charge in [0.15, 0.2) is 0 Å². The molecule has 1 amide bonds. The molecule has 1 N–H and O–H groups in total. The van der Waals surface area contributed by atoms with Gasteiger partial charge in [-0.3, -0.25) is 20.1 Å². The van der Waals surface area contributed by atoms with E-state index in [9.17, 15) is 13.6 Å². The van der Waals surface area contributed by atoms with Crippen LogP contribution >= 0.6 is 22.9 Å². The summed E-state index contributed by atoms with van der Waals surface area (Å²) in [4.78, 5) is 24.6. The van der Waals surface area contributed by atoms with Crippen molar-refractivity contribution in [1.82, 2.24) is 20.2 Å². The fourth-order valence-corrected chi connectivity index (χ4v) is 5.21. The van der Waals surface area contributed by atoms with Crippen molar-refractivity contribution in [1.29, 1.82) is 0 Å². The van der Waals surface area contributed by atoms with Gasteiger partial charge in [0, 0.05) is 28.3 Å². The van der Waals surface area contributed by atoms with E-state index in [1.807, 2.05) is 24.3 Å². The van der Waals surface area contributed by atoms with Gasteiger partial charge in [0.05, 0.1) is 18.9 Å². The molecule has 0 aliphatic heterocycles. The summed E-state index contributed by atoms with van der Waals surface area (Å²) in [6.07, 6.45) is 0.596. The van der Waals surface area contributed by atoms with Gasteiger partial charge in [-0.25, -0.2) is 15.4 Å². The number of nitrogens with zero attached hydrogens (tertiary/aromatic N) is 5. The number of rotatable bonds is 8. The van der Waals surface area contributed by atoms with Gasteiger partial charge < -0.3 is 9.58 Å². The first-order chi connectivity index (χ1) is 18.4. The maximum atomic E-state index is 13.4. The molecule has 1 fully saturated rings. The highest BCUT2D eigenvalue weighted by atomic mass is 35.5. The third-order valence-corrected chi connectivity index (χ3v) is 7.36. The van der Waals surface area contributed by atoms with Crippen LogP contribution in [0.4, 0.5) is 13.9 Å². The van der Waals surface area contributed by atoms with Gasteiger partial charge in [0.25, 0.3) is 18.9 Å². The normalized spacial score (nSPS) is 16.2. The van der Waals surface area contributed by atoms with E-state index >= 15 is 0 Å². The first-order valence-electron chi connectivity index (χ1n) is 11.4. The average molecular weight is 553 g/mol. The number of alkyl halides is 2. The summed E-state index contributed by atoms with van der Waals surface area (Å²) < 4.78 is 32.2. The van der Waals surface area contributed by atoms with Crippen LogP contribution in [0.5, 0.6) is 5.75 Å². The van der Waals surface area contributed by atoms with E-state index in [1.165, 1.54) is 48.5 Å². The number of aromatic nitrogens is 4. The van der Waals surface area contributed by atoms with Crippen LogP contribution in [0.2, 0.25) is 5.02 Å². The predicted octanol–water partition coefficient (Wildman–Crippen LogP) is 6.54. The van der Waals surface area contributed by atoms with Crippen molar-refractivity contribution in [2.24, 2.45) is 0 Å². The third-order valence-electron chi connectivity index (χ3n) is 6.14. The minimum absolute atomic E-state index is 0.0417. The van der Waals surface area contributed by atoms with Crippen molar-refractivity contribution >= 4 is 34.0 Å². The van der Waals surface area contributed by atoms with Crippen molar-refractivity contribution in [3.63, 3.8) is 0 Å². The van der Waals surface area contributed by atoms with Crippen LogP contribution in [0.15, 0.2) is 48.8 Å². The fraction of sp³-hybridized carbons (Fsp3) is 0.231. The topological polar surface area (TPSA) is 94.2 Å². The Hall–Kier alpha value is -4.01. The smallest absolute Gasteiger partial charge is 0.280 e. The molecule has 1 aliphatic rings. The molecule has 3 heterocycles. The lowest BCUT2D eigenvalue weighted by molar-refractivity contribution is 0.102. The van der Waals surface area contributed by atoms with Gasteiger partial charge in [-0.15, -0.1) is 10.2 Å². The number of methoxy groups -OCH3 is 1. The van der Waals surface area contributed by atoms with Gasteiger partial charge in [0.1, 0.15) is 22.1 Å². The molecule has 192 valence electrons. The Morgan fingerprint density at radius 2 is 1.97 bits per heavy atom. The van der Waals surface area contributed by atoms with E-state index in [0.29, 0.717) is 21.8 Å². The number of anilines is 1. The number of hydrogen-bond donors (Lipinski definition) is 1. The van der Waals surface area contributed by atoms with Gasteiger partial charge in [-0.2, -0.15) is 0 Å². The highest BCUT2D eigenvalue weighted by Crippen LogP contribution is 2.55. The number of amides is 1. The molecule has 8 nitrogen and oxygen atoms in total. The van der Waals surface area contributed by atoms with E-state index in [4.69, 9.17) is 22.9 Å². The monoisotopic (exact) mass is 552 g/mol. The second-order valence-corrected chi connectivity index (χ2v) is 9.99. The van der Waals surface area contributed by atoms with Crippen molar-refractivity contribution in [3.8, 4) is 16.9 Å². The summed E-state index contributed by atoms with van der Waals surface area (Å²) in [5.74, 6) is 0.173. The Morgan fingerprint density at radius 3 is 2.68 bits per heavy atom. The van der Waals surface area contributed by atoms with Crippen molar-refractivity contribution in [3.05, 3.63) is 92.8 Å². The van der Waals surface area contributed by atoms with Gasteiger partial charge in [0.2, 0.25) is 5.13 Å². The molecular formula is C26H19ClF2N6O2S. The number of halogens is 3. The van der Waals surface area contributed by atoms with E-state index in [1.54, 1.807) is 0 Å². The molecule has 4 aromatic rings. The number of nitrogens with one attached hydrogen (secondary N) is 1. The zero-order valence-electron chi connectivity index (χ0n) is 19.9. The van der Waals surface area contributed by atoms with Crippen LogP contribution in [0, 0.1) is 6.57 Å². The van der Waals surface area contributed by atoms with Gasteiger partial charge in [-0.05, 0) is 42.2 Å². The van der Waals surface area contributed by atoms with E-state index in [2.05, 4.69) is 30.3 Å². The number of pyridine rings is 2. The fourth-order valence-electron chi connectivity index (χ4n) is 4.17. The van der Waals surface area contributed by atoms with E-state index in [-0.39, 0.29) is 34.9 Å². The second-order valence-electron chi connectivity index (χ2n) is 8.55. The van der Waals surface area contributed by atoms with Crippen molar-refractivity contribution in [2.45, 2.75) is 31.2 Å². The number of ether oxygens (including phenoxy) is 1. The van der Waals surface area contributed by atoms with E-state index < -0.39 is 18.0 Å². The quantitative estimate of drug-likeness (QED) is 0.249. The van der Waals surface area contributed by atoms with Crippen LogP contribution in [0.1, 0.15) is 57.0 Å². The lowest BCUT2D eigenvalue weighted by atomic mass is 9.99. The molecule has 5 rings (SSSR count). The first kappa shape index (κ1) is 25.6. The zero-order valence-corrected chi connectivity index (χ0v) is 21.4. The zero-order chi connectivity index (χ0) is 26.8. The number of benzene rings is 1. The molecule has 0 spiro atoms. The molecule has 1 aromatic carbocycles. The summed E-state index contributed by atoms with van der Waals surface area (Å²) in [6.45, 7) is 7.10. The Bertz CT molecular complexity index is 1540. The molecule has 38 heavy (non-hydrogen) atoms. The minimum Gasteiger partial charge on any atom is -0.494 e. The summed E-state index contributed by atoms with van der Waals surface area (Å²) in [7, 11) is 1.38. The summed E-state index contributed by atoms with van der Waals surface area (Å²) in [5, 5.41) is 12.9. The van der Waals surface area contributed by atoms with Crippen LogP contribution in [0.3, 0.4) is 0 Å². The second kappa shape index (κ2) is 10.8. The summed E-state index contributed by atoms with van der Waals surface area (Å²) in [6, 6.07) is 10.4. The molecule has 1 saturated carbocycles. The standard InChI is InChI=1S/C26H19ClF2N6O2S/c1-30-10-15-7-17(18-9-21(23(28)29)32-12-22(18)37-2)20(11-31-15)24(36)33-26-35-34-25(38-26)19-8-16(19)13-3-5-14(27)6-4-13/h3-7,9,11-12,16,19,23H,8,10H2,2H3,(H,33,35,36)/t16-,19?/m0/s1. The first-order valence-corrected chi connectivity index (χ1v) is 12.6. The largest absolute Gasteiger partial charge is 0.494 e. The molecule has 3 aromatic heterocycles. The molecule has 2 atom stereocenters. The number of carbonyl (C=O) groups is 1. The van der Waals surface area contributed by atoms with Gasteiger partial charge in [-0.1, -0.05) is 35.1 Å². The molecule has 0 saturated heterocycles. The maximum Gasteiger partial charge on any atom is 0.280 e. The summed E-state index contributed by atoms with van der Waals surface area (Å²) in [5.41, 5.74) is 1.70. The van der Waals surface area contributed by atoms with Crippen LogP contribution < -0.4 is 10.1 Å². The Balaban J connectivity index is 1.41. The van der Waals surface area contributed by atoms with Crippen LogP contribution in [-0.2, 0) is 6.54 Å². The van der Waals surface area contributed by atoms with E-state index in [0.717, 1.165) is 11.4 Å². The van der Waals surface area contributed by atoms with Crippen molar-refractivity contribution in [2.75, 3.05) is 12.4 Å². The Labute approximate surface area is 225 Å². The number of hydrogen-bond acceptors (Lipinski definition) is 7. The Kier molecular flexibility index (Phi) is 7.26. The minimum atomic E-state index is -2.82. The average Bonchev–Trinajstić information content (AvgIpc) is 3.58. The molecule has 0 bridgehead atoms. The molecule has 0 radical (unpaired) electrons. The molecule has 12 heteroatoms. The Morgan fingerprint density at radius 1 is 1.18 bits per heavy atom.